The molecule has 1 amide bonds. The van der Waals surface area contributed by atoms with E-state index in [1.54, 1.807) is 18.6 Å². The van der Waals surface area contributed by atoms with Gasteiger partial charge in [0.25, 0.3) is 5.91 Å². The van der Waals surface area contributed by atoms with Crippen LogP contribution in [0.5, 0.6) is 0 Å². The van der Waals surface area contributed by atoms with Crippen LogP contribution in [0.15, 0.2) is 11.4 Å². The average molecular weight is 256 g/mol. The van der Waals surface area contributed by atoms with Crippen LogP contribution in [0, 0.1) is 0 Å². The molecule has 0 bridgehead atoms. The summed E-state index contributed by atoms with van der Waals surface area (Å²) in [7, 11) is 1.64. The van der Waals surface area contributed by atoms with E-state index >= 15 is 0 Å². The van der Waals surface area contributed by atoms with Crippen molar-refractivity contribution in [1.82, 2.24) is 5.32 Å². The topological polar surface area (TPSA) is 73.6 Å². The zero-order chi connectivity index (χ0) is 12.3. The second-order valence-electron chi connectivity index (χ2n) is 4.08. The second-order valence-corrected chi connectivity index (χ2v) is 4.99. The van der Waals surface area contributed by atoms with Crippen LogP contribution in [0.4, 0.5) is 5.69 Å². The molecule has 1 fully saturated rings. The van der Waals surface area contributed by atoms with E-state index in [4.69, 9.17) is 15.2 Å². The summed E-state index contributed by atoms with van der Waals surface area (Å²) in [5.41, 5.74) is 5.81. The van der Waals surface area contributed by atoms with Gasteiger partial charge >= 0.3 is 0 Å². The lowest BCUT2D eigenvalue weighted by Crippen LogP contribution is -2.44. The third-order valence-corrected chi connectivity index (χ3v) is 3.90. The summed E-state index contributed by atoms with van der Waals surface area (Å²) in [4.78, 5) is 12.4. The van der Waals surface area contributed by atoms with Crippen LogP contribution < -0.4 is 11.1 Å². The van der Waals surface area contributed by atoms with Crippen molar-refractivity contribution >= 4 is 22.9 Å². The van der Waals surface area contributed by atoms with Crippen LogP contribution >= 0.6 is 11.3 Å². The van der Waals surface area contributed by atoms with Gasteiger partial charge in [-0.3, -0.25) is 4.79 Å². The van der Waals surface area contributed by atoms with Crippen LogP contribution in [0.2, 0.25) is 0 Å². The second kappa shape index (κ2) is 5.03. The molecule has 6 heteroatoms. The number of carbonyl (C=O) groups is 1. The lowest BCUT2D eigenvalue weighted by molar-refractivity contribution is -0.0148. The van der Waals surface area contributed by atoms with Crippen molar-refractivity contribution in [3.63, 3.8) is 0 Å². The molecule has 17 heavy (non-hydrogen) atoms. The zero-order valence-electron chi connectivity index (χ0n) is 9.69. The molecule has 94 valence electrons. The van der Waals surface area contributed by atoms with Gasteiger partial charge in [0.15, 0.2) is 0 Å². The van der Waals surface area contributed by atoms with Crippen LogP contribution in [0.3, 0.4) is 0 Å². The number of hydrogen-bond acceptors (Lipinski definition) is 5. The molecule has 2 rings (SSSR count). The highest BCUT2D eigenvalue weighted by atomic mass is 32.1. The Kier molecular flexibility index (Phi) is 3.66. The van der Waals surface area contributed by atoms with E-state index in [0.717, 1.165) is 6.42 Å². The standard InChI is InChI=1S/C11H16N2O3S/c1-15-11(3-4-16-7-11)6-13-10(14)9-8(12)2-5-17-9/h2,5H,3-4,6-7,12H2,1H3,(H,13,14). The minimum absolute atomic E-state index is 0.152. The Bertz CT molecular complexity index is 399. The van der Waals surface area contributed by atoms with Gasteiger partial charge in [-0.2, -0.15) is 0 Å². The zero-order valence-corrected chi connectivity index (χ0v) is 10.5. The first-order chi connectivity index (χ1) is 8.17. The normalized spacial score (nSPS) is 23.8. The number of amides is 1. The third kappa shape index (κ3) is 2.59. The summed E-state index contributed by atoms with van der Waals surface area (Å²) in [5, 5.41) is 4.65. The number of rotatable bonds is 4. The van der Waals surface area contributed by atoms with E-state index in [1.807, 2.05) is 0 Å². The Hall–Kier alpha value is -1.11. The molecule has 0 radical (unpaired) electrons. The number of hydrogen-bond donors (Lipinski definition) is 2. The fraction of sp³-hybridized carbons (Fsp3) is 0.545. The number of nitrogens with one attached hydrogen (secondary N) is 1. The summed E-state index contributed by atoms with van der Waals surface area (Å²) >= 11 is 1.34. The molecule has 0 aliphatic carbocycles. The van der Waals surface area contributed by atoms with Crippen molar-refractivity contribution in [3.8, 4) is 0 Å². The lowest BCUT2D eigenvalue weighted by Gasteiger charge is -2.25. The van der Waals surface area contributed by atoms with Gasteiger partial charge in [0.2, 0.25) is 0 Å². The van der Waals surface area contributed by atoms with Gasteiger partial charge < -0.3 is 20.5 Å². The summed E-state index contributed by atoms with van der Waals surface area (Å²) in [6.45, 7) is 1.63. The molecule has 0 aromatic carbocycles. The molecule has 1 saturated heterocycles. The van der Waals surface area contributed by atoms with Gasteiger partial charge in [-0.15, -0.1) is 11.3 Å². The monoisotopic (exact) mass is 256 g/mol. The van der Waals surface area contributed by atoms with Gasteiger partial charge in [0.05, 0.1) is 12.3 Å². The van der Waals surface area contributed by atoms with Crippen LogP contribution in [-0.4, -0.2) is 38.4 Å². The van der Waals surface area contributed by atoms with Crippen LogP contribution in [-0.2, 0) is 9.47 Å². The van der Waals surface area contributed by atoms with Gasteiger partial charge in [-0.05, 0) is 11.4 Å². The molecule has 1 unspecified atom stereocenters. The van der Waals surface area contributed by atoms with Crippen molar-refractivity contribution in [1.29, 1.82) is 0 Å². The third-order valence-electron chi connectivity index (χ3n) is 2.97. The first kappa shape index (κ1) is 12.3. The van der Waals surface area contributed by atoms with Crippen molar-refractivity contribution in [2.75, 3.05) is 32.6 Å². The predicted octanol–water partition coefficient (Wildman–Crippen LogP) is 0.866. The number of methoxy groups -OCH3 is 1. The van der Waals surface area contributed by atoms with Crippen LogP contribution in [0.25, 0.3) is 0 Å². The largest absolute Gasteiger partial charge is 0.397 e. The van der Waals surface area contributed by atoms with E-state index < -0.39 is 0 Å². The SMILES string of the molecule is COC1(CNC(=O)c2sccc2N)CCOC1. The highest BCUT2D eigenvalue weighted by molar-refractivity contribution is 7.12. The number of carbonyl (C=O) groups excluding carboxylic acids is 1. The summed E-state index contributed by atoms with van der Waals surface area (Å²) in [5.74, 6) is -0.152. The molecule has 1 aromatic heterocycles. The first-order valence-electron chi connectivity index (χ1n) is 5.41. The maximum absolute atomic E-state index is 11.9. The smallest absolute Gasteiger partial charge is 0.263 e. The molecule has 1 aliphatic rings. The van der Waals surface area contributed by atoms with Crippen molar-refractivity contribution < 1.29 is 14.3 Å². The minimum Gasteiger partial charge on any atom is -0.397 e. The van der Waals surface area contributed by atoms with E-state index in [-0.39, 0.29) is 11.5 Å². The van der Waals surface area contributed by atoms with Gasteiger partial charge in [0.1, 0.15) is 10.5 Å². The molecule has 1 aromatic rings. The Labute approximate surface area is 104 Å². The van der Waals surface area contributed by atoms with E-state index in [0.29, 0.717) is 30.3 Å². The molecule has 0 spiro atoms. The van der Waals surface area contributed by atoms with Crippen LogP contribution in [0.1, 0.15) is 16.1 Å². The highest BCUT2D eigenvalue weighted by Crippen LogP contribution is 2.23. The number of anilines is 1. The maximum atomic E-state index is 11.9. The van der Waals surface area contributed by atoms with Gasteiger partial charge in [0, 0.05) is 26.7 Å². The molecule has 1 atom stereocenters. The summed E-state index contributed by atoms with van der Waals surface area (Å²) < 4.78 is 10.7. The Morgan fingerprint density at radius 3 is 3.12 bits per heavy atom. The molecule has 0 saturated carbocycles. The molecule has 3 N–H and O–H groups in total. The minimum atomic E-state index is -0.387. The lowest BCUT2D eigenvalue weighted by atomic mass is 10.0. The number of nitrogen functional groups attached to an aromatic ring is 1. The first-order valence-corrected chi connectivity index (χ1v) is 6.29. The highest BCUT2D eigenvalue weighted by Gasteiger charge is 2.35. The molecule has 2 heterocycles. The number of nitrogens with two attached hydrogens (primary N) is 1. The fourth-order valence-corrected chi connectivity index (χ4v) is 2.52. The van der Waals surface area contributed by atoms with E-state index in [9.17, 15) is 4.79 Å². The molecular weight excluding hydrogens is 240 g/mol. The van der Waals surface area contributed by atoms with Crippen molar-refractivity contribution in [3.05, 3.63) is 16.3 Å². The van der Waals surface area contributed by atoms with Crippen molar-refractivity contribution in [2.24, 2.45) is 0 Å². The fourth-order valence-electron chi connectivity index (χ4n) is 1.79. The molecule has 1 aliphatic heterocycles. The Balaban J connectivity index is 1.94. The van der Waals surface area contributed by atoms with Crippen molar-refractivity contribution in [2.45, 2.75) is 12.0 Å². The molecule has 5 nitrogen and oxygen atoms in total. The number of ether oxygens (including phenoxy) is 2. The van der Waals surface area contributed by atoms with E-state index in [2.05, 4.69) is 5.32 Å². The Morgan fingerprint density at radius 1 is 1.76 bits per heavy atom. The molecular formula is C11H16N2O3S. The Morgan fingerprint density at radius 2 is 2.59 bits per heavy atom. The maximum Gasteiger partial charge on any atom is 0.263 e. The summed E-state index contributed by atoms with van der Waals surface area (Å²) in [6, 6.07) is 1.73. The van der Waals surface area contributed by atoms with E-state index in [1.165, 1.54) is 11.3 Å². The predicted molar refractivity (Wildman–Crippen MR) is 66.2 cm³/mol. The average Bonchev–Trinajstić information content (AvgIpc) is 2.95. The van der Waals surface area contributed by atoms with Gasteiger partial charge in [-0.25, -0.2) is 0 Å². The van der Waals surface area contributed by atoms with Gasteiger partial charge in [-0.1, -0.05) is 0 Å². The number of thiophene rings is 1. The summed E-state index contributed by atoms with van der Waals surface area (Å²) in [6.07, 6.45) is 0.795. The quantitative estimate of drug-likeness (QED) is 0.838.